The predicted octanol–water partition coefficient (Wildman–Crippen LogP) is 4.00. The van der Waals surface area contributed by atoms with Gasteiger partial charge in [-0.25, -0.2) is 9.37 Å². The van der Waals surface area contributed by atoms with Crippen molar-refractivity contribution < 1.29 is 9.18 Å². The number of piperidine rings is 1. The molecule has 2 aliphatic heterocycles. The first-order valence-corrected chi connectivity index (χ1v) is 13.9. The normalized spacial score (nSPS) is 20.5. The number of hydrogen-bond acceptors (Lipinski definition) is 4. The Balaban J connectivity index is 1.20. The number of aromatic nitrogens is 5. The number of carbonyl (C=O) groups is 1. The van der Waals surface area contributed by atoms with Crippen LogP contribution < -0.4 is 5.32 Å². The average Bonchev–Trinajstić information content (AvgIpc) is 3.24. The molecule has 0 bridgehead atoms. The Labute approximate surface area is 226 Å². The van der Waals surface area contributed by atoms with E-state index in [9.17, 15) is 9.18 Å². The first-order chi connectivity index (χ1) is 19.0. The molecular weight excluding hydrogens is 493 g/mol. The van der Waals surface area contributed by atoms with Crippen molar-refractivity contribution >= 4 is 16.8 Å². The molecule has 1 saturated carbocycles. The quantitative estimate of drug-likeness (QED) is 0.386. The molecule has 1 unspecified atom stereocenters. The fraction of sp³-hybridized carbons (Fsp3) is 0.433. The molecule has 39 heavy (non-hydrogen) atoms. The van der Waals surface area contributed by atoms with E-state index in [0.29, 0.717) is 29.9 Å². The first kappa shape index (κ1) is 24.2. The van der Waals surface area contributed by atoms with Crippen molar-refractivity contribution in [1.82, 2.24) is 34.5 Å². The Morgan fingerprint density at radius 1 is 1.18 bits per heavy atom. The highest BCUT2D eigenvalue weighted by Crippen LogP contribution is 2.36. The van der Waals surface area contributed by atoms with Crippen molar-refractivity contribution in [3.8, 4) is 11.8 Å². The molecule has 1 amide bonds. The Bertz CT molecular complexity index is 1560. The van der Waals surface area contributed by atoms with Gasteiger partial charge in [-0.1, -0.05) is 24.1 Å². The van der Waals surface area contributed by atoms with Crippen molar-refractivity contribution in [3.63, 3.8) is 0 Å². The fourth-order valence-electron chi connectivity index (χ4n) is 5.81. The van der Waals surface area contributed by atoms with Gasteiger partial charge in [0.2, 0.25) is 0 Å². The van der Waals surface area contributed by atoms with Crippen LogP contribution >= 0.6 is 0 Å². The molecule has 1 aromatic carbocycles. The van der Waals surface area contributed by atoms with E-state index in [1.165, 1.54) is 0 Å². The summed E-state index contributed by atoms with van der Waals surface area (Å²) in [7, 11) is 2.15. The van der Waals surface area contributed by atoms with Crippen LogP contribution in [0.3, 0.4) is 0 Å². The number of para-hydroxylation sites is 1. The zero-order chi connectivity index (χ0) is 26.5. The average molecular weight is 526 g/mol. The summed E-state index contributed by atoms with van der Waals surface area (Å²) in [6.45, 7) is 2.41. The van der Waals surface area contributed by atoms with Gasteiger partial charge in [0.1, 0.15) is 17.9 Å². The fourth-order valence-corrected chi connectivity index (χ4v) is 5.81. The summed E-state index contributed by atoms with van der Waals surface area (Å²) in [5.74, 6) is 6.88. The molecule has 2 fully saturated rings. The number of amides is 1. The standard InChI is InChI=1S/C30H32FN7O/c1-36-12-10-19(11-13-36)6-7-23-16-26(35-38(23)22-8-9-22)30(39)34-28(25-14-20-4-2-3-5-24(20)33-25)29-27-15-21(31)17-37(27)18-32-29/h2-5,14,16,18-19,21-22,28,33H,8-13,15,17H2,1H3,(H,34,39)/t21-,28?/m1/s1. The molecule has 9 heteroatoms. The number of aromatic amines is 1. The smallest absolute Gasteiger partial charge is 0.272 e. The molecule has 1 aliphatic carbocycles. The van der Waals surface area contributed by atoms with Crippen LogP contribution in [0.5, 0.6) is 0 Å². The summed E-state index contributed by atoms with van der Waals surface area (Å²) in [5.41, 5.74) is 4.40. The third-order valence-corrected chi connectivity index (χ3v) is 8.18. The van der Waals surface area contributed by atoms with Crippen molar-refractivity contribution in [2.24, 2.45) is 5.92 Å². The lowest BCUT2D eigenvalue weighted by Crippen LogP contribution is -2.31. The number of nitrogens with zero attached hydrogens (tertiary/aromatic N) is 5. The molecule has 5 heterocycles. The number of imidazole rings is 1. The van der Waals surface area contributed by atoms with Crippen molar-refractivity contribution in [1.29, 1.82) is 0 Å². The molecule has 8 nitrogen and oxygen atoms in total. The predicted molar refractivity (Wildman–Crippen MR) is 146 cm³/mol. The van der Waals surface area contributed by atoms with Crippen LogP contribution in [0.25, 0.3) is 10.9 Å². The van der Waals surface area contributed by atoms with Crippen LogP contribution in [-0.4, -0.2) is 61.4 Å². The van der Waals surface area contributed by atoms with Crippen molar-refractivity contribution in [2.75, 3.05) is 20.1 Å². The highest BCUT2D eigenvalue weighted by atomic mass is 19.1. The van der Waals surface area contributed by atoms with Gasteiger partial charge in [0.25, 0.3) is 5.91 Å². The van der Waals surface area contributed by atoms with Crippen LogP contribution in [0, 0.1) is 17.8 Å². The van der Waals surface area contributed by atoms with E-state index < -0.39 is 12.2 Å². The number of fused-ring (bicyclic) bond motifs is 2. The molecule has 4 aromatic rings. The van der Waals surface area contributed by atoms with E-state index in [0.717, 1.165) is 66.8 Å². The second-order valence-corrected chi connectivity index (χ2v) is 11.2. The zero-order valence-corrected chi connectivity index (χ0v) is 22.0. The summed E-state index contributed by atoms with van der Waals surface area (Å²) in [5, 5.41) is 8.91. The van der Waals surface area contributed by atoms with E-state index >= 15 is 0 Å². The topological polar surface area (TPSA) is 83.8 Å². The minimum Gasteiger partial charge on any atom is -0.356 e. The molecule has 3 aliphatic rings. The number of alkyl halides is 1. The van der Waals surface area contributed by atoms with Crippen LogP contribution in [0.1, 0.15) is 71.0 Å². The van der Waals surface area contributed by atoms with Gasteiger partial charge in [0, 0.05) is 35.3 Å². The molecule has 2 N–H and O–H groups in total. The van der Waals surface area contributed by atoms with Gasteiger partial charge in [0.05, 0.1) is 24.6 Å². The number of likely N-dealkylation sites (tertiary alicyclic amines) is 1. The Kier molecular flexibility index (Phi) is 6.00. The maximum absolute atomic E-state index is 14.3. The molecular formula is C30H32FN7O. The zero-order valence-electron chi connectivity index (χ0n) is 22.0. The number of halogens is 1. The monoisotopic (exact) mass is 525 g/mol. The summed E-state index contributed by atoms with van der Waals surface area (Å²) in [4.78, 5) is 24.1. The van der Waals surface area contributed by atoms with Gasteiger partial charge in [-0.3, -0.25) is 9.48 Å². The van der Waals surface area contributed by atoms with E-state index in [1.54, 1.807) is 6.33 Å². The maximum atomic E-state index is 14.3. The maximum Gasteiger partial charge on any atom is 0.272 e. The van der Waals surface area contributed by atoms with Gasteiger partial charge in [0.15, 0.2) is 5.69 Å². The van der Waals surface area contributed by atoms with E-state index in [-0.39, 0.29) is 12.3 Å². The highest BCUT2D eigenvalue weighted by molar-refractivity contribution is 5.93. The van der Waals surface area contributed by atoms with Crippen LogP contribution in [-0.2, 0) is 13.0 Å². The number of hydrogen-bond donors (Lipinski definition) is 2. The Morgan fingerprint density at radius 2 is 2.00 bits per heavy atom. The Morgan fingerprint density at radius 3 is 2.79 bits per heavy atom. The molecule has 200 valence electrons. The van der Waals surface area contributed by atoms with Gasteiger partial charge in [-0.05, 0) is 69.3 Å². The number of rotatable bonds is 5. The summed E-state index contributed by atoms with van der Waals surface area (Å²) in [6, 6.07) is 11.5. The number of benzene rings is 1. The summed E-state index contributed by atoms with van der Waals surface area (Å²) < 4.78 is 18.0. The van der Waals surface area contributed by atoms with Gasteiger partial charge in [-0.2, -0.15) is 5.10 Å². The van der Waals surface area contributed by atoms with Crippen molar-refractivity contribution in [3.05, 3.63) is 71.2 Å². The van der Waals surface area contributed by atoms with E-state index in [4.69, 9.17) is 5.10 Å². The van der Waals surface area contributed by atoms with Crippen molar-refractivity contribution in [2.45, 2.75) is 56.9 Å². The van der Waals surface area contributed by atoms with Crippen LogP contribution in [0.15, 0.2) is 42.7 Å². The molecule has 7 rings (SSSR count). The minimum atomic E-state index is -0.944. The molecule has 0 radical (unpaired) electrons. The molecule has 3 aromatic heterocycles. The number of H-pyrrole nitrogens is 1. The van der Waals surface area contributed by atoms with Crippen LogP contribution in [0.2, 0.25) is 0 Å². The third kappa shape index (κ3) is 4.74. The summed E-state index contributed by atoms with van der Waals surface area (Å²) >= 11 is 0. The molecule has 2 atom stereocenters. The molecule has 0 spiro atoms. The van der Waals surface area contributed by atoms with E-state index in [1.807, 2.05) is 45.6 Å². The lowest BCUT2D eigenvalue weighted by Gasteiger charge is -2.25. The largest absolute Gasteiger partial charge is 0.356 e. The minimum absolute atomic E-state index is 0.287. The van der Waals surface area contributed by atoms with E-state index in [2.05, 4.69) is 39.1 Å². The number of nitrogens with one attached hydrogen (secondary N) is 2. The molecule has 1 saturated heterocycles. The SMILES string of the molecule is CN1CCC(C#Cc2cc(C(=O)NC(c3cc4ccccc4[nH]3)c3ncn4c3C[C@@H](F)C4)nn2C2CC2)CC1. The van der Waals surface area contributed by atoms with Gasteiger partial charge < -0.3 is 19.8 Å². The second kappa shape index (κ2) is 9.69. The van der Waals surface area contributed by atoms with Gasteiger partial charge in [-0.15, -0.1) is 0 Å². The lowest BCUT2D eigenvalue weighted by molar-refractivity contribution is 0.0935. The highest BCUT2D eigenvalue weighted by Gasteiger charge is 2.33. The Hall–Kier alpha value is -3.90. The summed E-state index contributed by atoms with van der Waals surface area (Å²) in [6.07, 6.45) is 5.24. The number of carbonyl (C=O) groups excluding carboxylic acids is 1. The third-order valence-electron chi connectivity index (χ3n) is 8.18. The van der Waals surface area contributed by atoms with Crippen LogP contribution in [0.4, 0.5) is 4.39 Å². The first-order valence-electron chi connectivity index (χ1n) is 13.9. The second-order valence-electron chi connectivity index (χ2n) is 11.2. The lowest BCUT2D eigenvalue weighted by atomic mass is 9.98. The van der Waals surface area contributed by atoms with Gasteiger partial charge >= 0.3 is 0 Å².